The van der Waals surface area contributed by atoms with Crippen molar-refractivity contribution in [1.82, 2.24) is 14.5 Å². The minimum absolute atomic E-state index is 0.0120. The molecule has 0 aliphatic rings. The number of carbonyl (C=O) groups is 1. The molecule has 0 spiro atoms. The molecule has 2 heterocycles. The molecule has 5 nitrogen and oxygen atoms in total. The molecule has 0 radical (unpaired) electrons. The second-order valence-corrected chi connectivity index (χ2v) is 5.98. The number of hydrogen-bond acceptors (Lipinski definition) is 4. The van der Waals surface area contributed by atoms with Crippen molar-refractivity contribution in [2.45, 2.75) is 33.4 Å². The van der Waals surface area contributed by atoms with E-state index in [1.54, 1.807) is 33.9 Å². The standard InChI is InChI=1S/C15H19N3O2S/c1-11-10-21-13(16-11)9-17(3)14(19)7-8-18-12(2)5-4-6-15(18)20/h4-6,10H,7-9H2,1-3H3. The van der Waals surface area contributed by atoms with E-state index >= 15 is 0 Å². The van der Waals surface area contributed by atoms with E-state index in [0.717, 1.165) is 16.4 Å². The first kappa shape index (κ1) is 15.4. The summed E-state index contributed by atoms with van der Waals surface area (Å²) < 4.78 is 1.62. The van der Waals surface area contributed by atoms with Gasteiger partial charge in [0.1, 0.15) is 5.01 Å². The van der Waals surface area contributed by atoms with Gasteiger partial charge in [-0.25, -0.2) is 4.98 Å². The lowest BCUT2D eigenvalue weighted by Crippen LogP contribution is -2.29. The molecule has 0 saturated heterocycles. The average molecular weight is 305 g/mol. The van der Waals surface area contributed by atoms with Crippen LogP contribution in [0.3, 0.4) is 0 Å². The average Bonchev–Trinajstić information content (AvgIpc) is 2.83. The van der Waals surface area contributed by atoms with Crippen LogP contribution in [0.4, 0.5) is 0 Å². The fourth-order valence-corrected chi connectivity index (χ4v) is 2.90. The van der Waals surface area contributed by atoms with E-state index in [1.165, 1.54) is 6.07 Å². The monoisotopic (exact) mass is 305 g/mol. The minimum atomic E-state index is -0.0685. The normalized spacial score (nSPS) is 10.6. The van der Waals surface area contributed by atoms with Gasteiger partial charge in [-0.3, -0.25) is 9.59 Å². The van der Waals surface area contributed by atoms with Gasteiger partial charge in [-0.1, -0.05) is 6.07 Å². The topological polar surface area (TPSA) is 55.2 Å². The lowest BCUT2D eigenvalue weighted by molar-refractivity contribution is -0.130. The maximum Gasteiger partial charge on any atom is 0.250 e. The van der Waals surface area contributed by atoms with Gasteiger partial charge >= 0.3 is 0 Å². The first-order chi connectivity index (χ1) is 9.97. The number of aromatic nitrogens is 2. The van der Waals surface area contributed by atoms with Crippen LogP contribution in [-0.4, -0.2) is 27.4 Å². The van der Waals surface area contributed by atoms with Crippen molar-refractivity contribution in [3.63, 3.8) is 0 Å². The molecule has 0 unspecified atom stereocenters. The van der Waals surface area contributed by atoms with Gasteiger partial charge in [-0.05, 0) is 19.9 Å². The predicted octanol–water partition coefficient (Wildman–Crippen LogP) is 1.97. The Labute approximate surface area is 127 Å². The van der Waals surface area contributed by atoms with Crippen LogP contribution < -0.4 is 5.56 Å². The van der Waals surface area contributed by atoms with E-state index in [0.29, 0.717) is 19.5 Å². The number of thiazole rings is 1. The molecule has 6 heteroatoms. The van der Waals surface area contributed by atoms with Crippen LogP contribution in [0.5, 0.6) is 0 Å². The summed E-state index contributed by atoms with van der Waals surface area (Å²) >= 11 is 1.55. The Morgan fingerprint density at radius 3 is 2.76 bits per heavy atom. The number of hydrogen-bond donors (Lipinski definition) is 0. The van der Waals surface area contributed by atoms with Gasteiger partial charge in [0.25, 0.3) is 5.56 Å². The van der Waals surface area contributed by atoms with Crippen molar-refractivity contribution in [2.24, 2.45) is 0 Å². The van der Waals surface area contributed by atoms with E-state index in [-0.39, 0.29) is 11.5 Å². The predicted molar refractivity (Wildman–Crippen MR) is 83.4 cm³/mol. The van der Waals surface area contributed by atoms with Gasteiger partial charge in [0, 0.05) is 42.8 Å². The van der Waals surface area contributed by atoms with Gasteiger partial charge in [0.15, 0.2) is 0 Å². The van der Waals surface area contributed by atoms with Gasteiger partial charge in [-0.15, -0.1) is 11.3 Å². The summed E-state index contributed by atoms with van der Waals surface area (Å²) in [6, 6.07) is 5.11. The molecule has 0 aliphatic heterocycles. The highest BCUT2D eigenvalue weighted by molar-refractivity contribution is 7.09. The fourth-order valence-electron chi connectivity index (χ4n) is 2.07. The second-order valence-electron chi connectivity index (χ2n) is 5.04. The Hall–Kier alpha value is -1.95. The minimum Gasteiger partial charge on any atom is -0.339 e. The van der Waals surface area contributed by atoms with Crippen molar-refractivity contribution in [3.8, 4) is 0 Å². The summed E-state index contributed by atoms with van der Waals surface area (Å²) in [5.74, 6) is 0.0120. The summed E-state index contributed by atoms with van der Waals surface area (Å²) in [7, 11) is 1.76. The largest absolute Gasteiger partial charge is 0.339 e. The Balaban J connectivity index is 1.94. The summed E-state index contributed by atoms with van der Waals surface area (Å²) in [5.41, 5.74) is 1.77. The highest BCUT2D eigenvalue weighted by Gasteiger charge is 2.12. The molecule has 0 aliphatic carbocycles. The molecular weight excluding hydrogens is 286 g/mol. The lowest BCUT2D eigenvalue weighted by atomic mass is 10.3. The number of amides is 1. The Morgan fingerprint density at radius 2 is 2.14 bits per heavy atom. The molecule has 2 aromatic rings. The molecular formula is C15H19N3O2S. The molecule has 0 atom stereocenters. The maximum atomic E-state index is 12.1. The van der Waals surface area contributed by atoms with E-state index in [2.05, 4.69) is 4.98 Å². The molecule has 1 amide bonds. The van der Waals surface area contributed by atoms with Gasteiger partial charge in [-0.2, -0.15) is 0 Å². The van der Waals surface area contributed by atoms with Crippen LogP contribution in [0, 0.1) is 13.8 Å². The zero-order chi connectivity index (χ0) is 15.4. The molecule has 0 bridgehead atoms. The number of pyridine rings is 1. The van der Waals surface area contributed by atoms with E-state index in [1.807, 2.05) is 25.3 Å². The molecule has 112 valence electrons. The summed E-state index contributed by atoms with van der Waals surface area (Å²) in [5, 5.41) is 2.90. The van der Waals surface area contributed by atoms with Crippen LogP contribution >= 0.6 is 11.3 Å². The molecule has 2 rings (SSSR count). The summed E-state index contributed by atoms with van der Waals surface area (Å²) in [4.78, 5) is 29.9. The number of aryl methyl sites for hydroxylation is 2. The highest BCUT2D eigenvalue weighted by Crippen LogP contribution is 2.11. The highest BCUT2D eigenvalue weighted by atomic mass is 32.1. The summed E-state index contributed by atoms with van der Waals surface area (Å²) in [6.45, 7) is 4.73. The third-order valence-corrected chi connectivity index (χ3v) is 4.23. The Kier molecular flexibility index (Phi) is 4.90. The smallest absolute Gasteiger partial charge is 0.250 e. The summed E-state index contributed by atoms with van der Waals surface area (Å²) in [6.07, 6.45) is 0.311. The number of rotatable bonds is 5. The maximum absolute atomic E-state index is 12.1. The Bertz CT molecular complexity index is 690. The zero-order valence-electron chi connectivity index (χ0n) is 12.5. The van der Waals surface area contributed by atoms with Crippen LogP contribution in [0.2, 0.25) is 0 Å². The van der Waals surface area contributed by atoms with Gasteiger partial charge in [0.2, 0.25) is 5.91 Å². The quantitative estimate of drug-likeness (QED) is 0.848. The van der Waals surface area contributed by atoms with Gasteiger partial charge < -0.3 is 9.47 Å². The van der Waals surface area contributed by atoms with E-state index in [9.17, 15) is 9.59 Å². The zero-order valence-corrected chi connectivity index (χ0v) is 13.3. The molecule has 0 saturated carbocycles. The second kappa shape index (κ2) is 6.67. The van der Waals surface area contributed by atoms with E-state index in [4.69, 9.17) is 0 Å². The molecule has 0 aromatic carbocycles. The van der Waals surface area contributed by atoms with Gasteiger partial charge in [0.05, 0.1) is 6.54 Å². The van der Waals surface area contributed by atoms with Crippen LogP contribution in [0.1, 0.15) is 22.8 Å². The van der Waals surface area contributed by atoms with Crippen molar-refractivity contribution < 1.29 is 4.79 Å². The lowest BCUT2D eigenvalue weighted by Gasteiger charge is -2.16. The van der Waals surface area contributed by atoms with Crippen molar-refractivity contribution >= 4 is 17.2 Å². The fraction of sp³-hybridized carbons (Fsp3) is 0.400. The van der Waals surface area contributed by atoms with E-state index < -0.39 is 0 Å². The van der Waals surface area contributed by atoms with Crippen LogP contribution in [0.25, 0.3) is 0 Å². The number of nitrogens with zero attached hydrogens (tertiary/aromatic N) is 3. The molecule has 0 fully saturated rings. The van der Waals surface area contributed by atoms with Crippen LogP contribution in [0.15, 0.2) is 28.4 Å². The SMILES string of the molecule is Cc1csc(CN(C)C(=O)CCn2c(C)cccc2=O)n1. The van der Waals surface area contributed by atoms with Crippen LogP contribution in [-0.2, 0) is 17.9 Å². The molecule has 21 heavy (non-hydrogen) atoms. The first-order valence-electron chi connectivity index (χ1n) is 6.79. The third kappa shape index (κ3) is 4.01. The first-order valence-corrected chi connectivity index (χ1v) is 7.67. The Morgan fingerprint density at radius 1 is 1.38 bits per heavy atom. The third-order valence-electron chi connectivity index (χ3n) is 3.28. The number of carbonyl (C=O) groups excluding carboxylic acids is 1. The van der Waals surface area contributed by atoms with Crippen molar-refractivity contribution in [3.05, 3.63) is 50.3 Å². The molecule has 0 N–H and O–H groups in total. The van der Waals surface area contributed by atoms with Crippen molar-refractivity contribution in [2.75, 3.05) is 7.05 Å². The van der Waals surface area contributed by atoms with Crippen molar-refractivity contribution in [1.29, 1.82) is 0 Å². The molecule has 2 aromatic heterocycles.